The Labute approximate surface area is 226 Å². The van der Waals surface area contributed by atoms with Gasteiger partial charge >= 0.3 is 0 Å². The van der Waals surface area contributed by atoms with Gasteiger partial charge in [0, 0.05) is 27.9 Å². The SMILES string of the molecule is O=C(CN1CCCCC1)N1N=C(c2c(-c3ccccc3)c3cc(Cl)ccc3[nH]c2=O)CC1c1ccccc1. The molecule has 2 aliphatic heterocycles. The molecule has 0 saturated carbocycles. The Hall–Kier alpha value is -3.74. The highest BCUT2D eigenvalue weighted by Gasteiger charge is 2.36. The fourth-order valence-corrected chi connectivity index (χ4v) is 5.82. The number of H-pyrrole nitrogens is 1. The van der Waals surface area contributed by atoms with E-state index in [9.17, 15) is 9.59 Å². The van der Waals surface area contributed by atoms with E-state index < -0.39 is 0 Å². The number of fused-ring (bicyclic) bond motifs is 1. The van der Waals surface area contributed by atoms with Crippen molar-refractivity contribution in [3.8, 4) is 11.1 Å². The maximum atomic E-state index is 13.7. The largest absolute Gasteiger partial charge is 0.321 e. The van der Waals surface area contributed by atoms with Crippen molar-refractivity contribution >= 4 is 34.1 Å². The van der Waals surface area contributed by atoms with Crippen LogP contribution >= 0.6 is 11.6 Å². The number of hydrazone groups is 1. The zero-order valence-electron chi connectivity index (χ0n) is 21.1. The first-order valence-corrected chi connectivity index (χ1v) is 13.5. The minimum absolute atomic E-state index is 0.0442. The van der Waals surface area contributed by atoms with Crippen molar-refractivity contribution in [2.75, 3.05) is 19.6 Å². The minimum Gasteiger partial charge on any atom is -0.321 e. The lowest BCUT2D eigenvalue weighted by Crippen LogP contribution is -2.40. The Kier molecular flexibility index (Phi) is 6.83. The summed E-state index contributed by atoms with van der Waals surface area (Å²) in [4.78, 5) is 32.5. The molecule has 7 heteroatoms. The minimum atomic E-state index is -0.276. The van der Waals surface area contributed by atoms with Gasteiger partial charge in [-0.25, -0.2) is 5.01 Å². The smallest absolute Gasteiger partial charge is 0.258 e. The summed E-state index contributed by atoms with van der Waals surface area (Å²) >= 11 is 6.41. The molecule has 0 bridgehead atoms. The predicted molar refractivity (Wildman–Crippen MR) is 152 cm³/mol. The average Bonchev–Trinajstić information content (AvgIpc) is 3.39. The normalized spacial score (nSPS) is 18.1. The number of nitrogens with one attached hydrogen (secondary N) is 1. The van der Waals surface area contributed by atoms with E-state index in [1.807, 2.05) is 72.8 Å². The summed E-state index contributed by atoms with van der Waals surface area (Å²) in [6.45, 7) is 2.18. The Morgan fingerprint density at radius 3 is 2.37 bits per heavy atom. The van der Waals surface area contributed by atoms with Crippen LogP contribution in [0.4, 0.5) is 0 Å². The van der Waals surface area contributed by atoms with Crippen molar-refractivity contribution in [1.82, 2.24) is 14.9 Å². The van der Waals surface area contributed by atoms with Crippen molar-refractivity contribution in [3.63, 3.8) is 0 Å². The van der Waals surface area contributed by atoms with Crippen molar-refractivity contribution < 1.29 is 4.79 Å². The van der Waals surface area contributed by atoms with E-state index in [0.29, 0.717) is 34.8 Å². The van der Waals surface area contributed by atoms with Gasteiger partial charge in [0.15, 0.2) is 0 Å². The van der Waals surface area contributed by atoms with Gasteiger partial charge in [-0.1, -0.05) is 78.7 Å². The maximum Gasteiger partial charge on any atom is 0.258 e. The first kappa shape index (κ1) is 24.6. The number of hydrogen-bond donors (Lipinski definition) is 1. The summed E-state index contributed by atoms with van der Waals surface area (Å²) < 4.78 is 0. The van der Waals surface area contributed by atoms with Gasteiger partial charge in [0.25, 0.3) is 11.5 Å². The number of pyridine rings is 1. The second-order valence-corrected chi connectivity index (χ2v) is 10.4. The summed E-state index contributed by atoms with van der Waals surface area (Å²) in [5, 5.41) is 7.91. The summed E-state index contributed by atoms with van der Waals surface area (Å²) in [6.07, 6.45) is 3.88. The first-order chi connectivity index (χ1) is 18.6. The van der Waals surface area contributed by atoms with E-state index in [4.69, 9.17) is 16.7 Å². The summed E-state index contributed by atoms with van der Waals surface area (Å²) in [5.74, 6) is -0.0442. The number of carbonyl (C=O) groups excluding carboxylic acids is 1. The van der Waals surface area contributed by atoms with Crippen LogP contribution in [0.5, 0.6) is 0 Å². The van der Waals surface area contributed by atoms with E-state index in [-0.39, 0.29) is 17.5 Å². The molecule has 3 heterocycles. The molecule has 6 rings (SSSR count). The standard InChI is InChI=1S/C31H29ClN4O2/c32-23-14-15-25-24(18-23)29(22-12-6-2-7-13-22)30(31(38)33-25)26-19-27(21-10-4-1-5-11-21)36(34-26)28(37)20-35-16-8-3-9-17-35/h1-2,4-7,10-15,18,27H,3,8-9,16-17,19-20H2,(H,33,38). The molecule has 1 atom stereocenters. The summed E-state index contributed by atoms with van der Waals surface area (Å²) in [5.41, 5.74) is 4.25. The van der Waals surface area contributed by atoms with Crippen LogP contribution in [0.3, 0.4) is 0 Å². The maximum absolute atomic E-state index is 13.7. The molecule has 4 aromatic rings. The number of likely N-dealkylation sites (tertiary alicyclic amines) is 1. The highest BCUT2D eigenvalue weighted by molar-refractivity contribution is 6.31. The molecule has 6 nitrogen and oxygen atoms in total. The van der Waals surface area contributed by atoms with Crippen LogP contribution in [0.15, 0.2) is 88.8 Å². The molecule has 3 aromatic carbocycles. The zero-order chi connectivity index (χ0) is 26.1. The molecule has 2 aliphatic rings. The van der Waals surface area contributed by atoms with E-state index >= 15 is 0 Å². The number of benzene rings is 3. The molecular formula is C31H29ClN4O2. The second-order valence-electron chi connectivity index (χ2n) is 10.0. The molecule has 0 spiro atoms. The van der Waals surface area contributed by atoms with Gasteiger partial charge in [0.1, 0.15) is 0 Å². The average molecular weight is 525 g/mol. The third-order valence-corrected chi connectivity index (χ3v) is 7.72. The van der Waals surface area contributed by atoms with Crippen LogP contribution in [-0.4, -0.2) is 46.1 Å². The number of piperidine rings is 1. The number of amides is 1. The second kappa shape index (κ2) is 10.6. The third-order valence-electron chi connectivity index (χ3n) is 7.49. The van der Waals surface area contributed by atoms with Gasteiger partial charge in [-0.3, -0.25) is 14.5 Å². The quantitative estimate of drug-likeness (QED) is 0.347. The number of aromatic nitrogens is 1. The predicted octanol–water partition coefficient (Wildman–Crippen LogP) is 6.01. The Bertz CT molecular complexity index is 1560. The van der Waals surface area contributed by atoms with E-state index in [2.05, 4.69) is 9.88 Å². The lowest BCUT2D eigenvalue weighted by molar-refractivity contribution is -0.134. The number of hydrogen-bond acceptors (Lipinski definition) is 4. The lowest BCUT2D eigenvalue weighted by atomic mass is 9.91. The molecule has 1 amide bonds. The summed E-state index contributed by atoms with van der Waals surface area (Å²) in [6, 6.07) is 25.0. The molecule has 38 heavy (non-hydrogen) atoms. The number of aromatic amines is 1. The van der Waals surface area contributed by atoms with Gasteiger partial charge in [-0.2, -0.15) is 5.10 Å². The fourth-order valence-electron chi connectivity index (χ4n) is 5.65. The number of nitrogens with zero attached hydrogens (tertiary/aromatic N) is 3. The van der Waals surface area contributed by atoms with Crippen LogP contribution in [0.2, 0.25) is 5.02 Å². The van der Waals surface area contributed by atoms with Crippen LogP contribution in [0.25, 0.3) is 22.0 Å². The van der Waals surface area contributed by atoms with Crippen LogP contribution < -0.4 is 5.56 Å². The van der Waals surface area contributed by atoms with Gasteiger partial charge in [-0.15, -0.1) is 0 Å². The van der Waals surface area contributed by atoms with Crippen LogP contribution in [-0.2, 0) is 4.79 Å². The molecule has 1 saturated heterocycles. The zero-order valence-corrected chi connectivity index (χ0v) is 21.8. The monoisotopic (exact) mass is 524 g/mol. The molecule has 1 unspecified atom stereocenters. The van der Waals surface area contributed by atoms with Crippen molar-refractivity contribution in [3.05, 3.63) is 105 Å². The van der Waals surface area contributed by atoms with Crippen molar-refractivity contribution in [2.24, 2.45) is 5.10 Å². The van der Waals surface area contributed by atoms with E-state index in [1.54, 1.807) is 11.1 Å². The van der Waals surface area contributed by atoms with Gasteiger partial charge in [0.2, 0.25) is 0 Å². The van der Waals surface area contributed by atoms with Crippen LogP contribution in [0, 0.1) is 0 Å². The molecule has 0 radical (unpaired) electrons. The lowest BCUT2D eigenvalue weighted by Gasteiger charge is -2.29. The van der Waals surface area contributed by atoms with E-state index in [1.165, 1.54) is 6.42 Å². The first-order valence-electron chi connectivity index (χ1n) is 13.2. The van der Waals surface area contributed by atoms with Gasteiger partial charge in [0.05, 0.1) is 23.9 Å². The number of carbonyl (C=O) groups is 1. The molecule has 1 fully saturated rings. The van der Waals surface area contributed by atoms with Gasteiger partial charge in [-0.05, 0) is 55.3 Å². The Morgan fingerprint density at radius 1 is 0.921 bits per heavy atom. The molecule has 192 valence electrons. The van der Waals surface area contributed by atoms with Crippen molar-refractivity contribution in [1.29, 1.82) is 0 Å². The highest BCUT2D eigenvalue weighted by Crippen LogP contribution is 2.37. The molecular weight excluding hydrogens is 496 g/mol. The third kappa shape index (κ3) is 4.77. The summed E-state index contributed by atoms with van der Waals surface area (Å²) in [7, 11) is 0. The molecule has 0 aliphatic carbocycles. The number of rotatable bonds is 5. The Morgan fingerprint density at radius 2 is 1.63 bits per heavy atom. The topological polar surface area (TPSA) is 68.8 Å². The molecule has 1 aromatic heterocycles. The van der Waals surface area contributed by atoms with E-state index in [0.717, 1.165) is 48.0 Å². The van der Waals surface area contributed by atoms with Crippen molar-refractivity contribution in [2.45, 2.75) is 31.7 Å². The Balaban J connectivity index is 1.49. The number of halogens is 1. The van der Waals surface area contributed by atoms with Crippen LogP contribution in [0.1, 0.15) is 42.9 Å². The van der Waals surface area contributed by atoms with Gasteiger partial charge < -0.3 is 4.98 Å². The fraction of sp³-hybridized carbons (Fsp3) is 0.258. The highest BCUT2D eigenvalue weighted by atomic mass is 35.5. The molecule has 1 N–H and O–H groups in total.